The van der Waals surface area contributed by atoms with Gasteiger partial charge in [-0.25, -0.2) is 0 Å². The van der Waals surface area contributed by atoms with Gasteiger partial charge in [0.25, 0.3) is 5.91 Å². The highest BCUT2D eigenvalue weighted by molar-refractivity contribution is 6.42. The van der Waals surface area contributed by atoms with E-state index in [9.17, 15) is 9.59 Å². The number of hydrogen-bond acceptors (Lipinski definition) is 4. The Balaban J connectivity index is 0.00000261. The number of rotatable bonds is 4. The summed E-state index contributed by atoms with van der Waals surface area (Å²) < 4.78 is 0. The number of amides is 2. The summed E-state index contributed by atoms with van der Waals surface area (Å²) in [5.41, 5.74) is 1.32. The van der Waals surface area contributed by atoms with Crippen molar-refractivity contribution in [2.24, 2.45) is 0 Å². The average Bonchev–Trinajstić information content (AvgIpc) is 2.68. The third kappa shape index (κ3) is 5.32. The molecule has 1 atom stereocenters. The summed E-state index contributed by atoms with van der Waals surface area (Å²) in [5.74, 6) is -0.515. The lowest BCUT2D eigenvalue weighted by atomic mass is 10.1. The smallest absolute Gasteiger partial charge is 0.251 e. The summed E-state index contributed by atoms with van der Waals surface area (Å²) in [4.78, 5) is 30.8. The van der Waals surface area contributed by atoms with Crippen LogP contribution in [0.5, 0.6) is 0 Å². The summed E-state index contributed by atoms with van der Waals surface area (Å²) in [6.45, 7) is 1.85. The van der Waals surface area contributed by atoms with Crippen LogP contribution in [0.15, 0.2) is 42.7 Å². The molecule has 3 rings (SSSR count). The fourth-order valence-corrected chi connectivity index (χ4v) is 3.17. The van der Waals surface area contributed by atoms with Gasteiger partial charge in [-0.15, -0.1) is 12.4 Å². The predicted octanol–water partition coefficient (Wildman–Crippen LogP) is 2.71. The summed E-state index contributed by atoms with van der Waals surface area (Å²) in [7, 11) is 0. The van der Waals surface area contributed by atoms with E-state index < -0.39 is 0 Å². The molecule has 2 amide bonds. The molecule has 0 radical (unpaired) electrons. The lowest BCUT2D eigenvalue weighted by molar-refractivity contribution is -0.133. The highest BCUT2D eigenvalue weighted by atomic mass is 35.5. The van der Waals surface area contributed by atoms with Crippen LogP contribution in [0.2, 0.25) is 10.0 Å². The van der Waals surface area contributed by atoms with E-state index in [1.54, 1.807) is 29.4 Å². The number of halogens is 3. The molecule has 1 unspecified atom stereocenters. The number of benzene rings is 1. The van der Waals surface area contributed by atoms with Gasteiger partial charge in [-0.2, -0.15) is 0 Å². The Bertz CT molecular complexity index is 804. The fraction of sp³-hybridized carbons (Fsp3) is 0.278. The van der Waals surface area contributed by atoms with Gasteiger partial charge in [0.2, 0.25) is 5.91 Å². The Labute approximate surface area is 173 Å². The average molecular weight is 430 g/mol. The second-order valence-electron chi connectivity index (χ2n) is 5.90. The molecular weight excluding hydrogens is 411 g/mol. The van der Waals surface area contributed by atoms with E-state index in [-0.39, 0.29) is 36.8 Å². The Hall–Kier alpha value is -1.86. The molecular formula is C18H19Cl3N4O2. The minimum Gasteiger partial charge on any atom is -0.343 e. The van der Waals surface area contributed by atoms with Gasteiger partial charge >= 0.3 is 0 Å². The van der Waals surface area contributed by atoms with E-state index in [0.717, 1.165) is 5.56 Å². The molecule has 1 aromatic heterocycles. The molecule has 9 heteroatoms. The monoisotopic (exact) mass is 428 g/mol. The van der Waals surface area contributed by atoms with Gasteiger partial charge in [-0.1, -0.05) is 29.3 Å². The normalized spacial score (nSPS) is 16.4. The van der Waals surface area contributed by atoms with Crippen molar-refractivity contribution in [3.05, 3.63) is 63.9 Å². The van der Waals surface area contributed by atoms with E-state index in [1.165, 1.54) is 6.07 Å². The molecule has 1 aromatic carbocycles. The number of nitrogens with zero attached hydrogens (tertiary/aromatic N) is 2. The summed E-state index contributed by atoms with van der Waals surface area (Å²) in [6.07, 6.45) is 3.45. The van der Waals surface area contributed by atoms with Crippen LogP contribution >= 0.6 is 35.6 Å². The highest BCUT2D eigenvalue weighted by Crippen LogP contribution is 2.23. The van der Waals surface area contributed by atoms with Crippen LogP contribution in [0.1, 0.15) is 22.0 Å². The Kier molecular flexibility index (Phi) is 7.86. The number of aromatic nitrogens is 1. The fourth-order valence-electron chi connectivity index (χ4n) is 2.87. The van der Waals surface area contributed by atoms with E-state index >= 15 is 0 Å². The second kappa shape index (κ2) is 9.90. The Morgan fingerprint density at radius 1 is 1.26 bits per heavy atom. The molecule has 2 aromatic rings. The largest absolute Gasteiger partial charge is 0.343 e. The first-order valence-electron chi connectivity index (χ1n) is 8.19. The third-order valence-corrected chi connectivity index (χ3v) is 4.95. The maximum absolute atomic E-state index is 12.7. The summed E-state index contributed by atoms with van der Waals surface area (Å²) >= 11 is 11.8. The topological polar surface area (TPSA) is 74.3 Å². The van der Waals surface area contributed by atoms with Crippen LogP contribution in [-0.4, -0.2) is 47.9 Å². The van der Waals surface area contributed by atoms with E-state index in [2.05, 4.69) is 15.6 Å². The van der Waals surface area contributed by atoms with Gasteiger partial charge in [-0.3, -0.25) is 14.6 Å². The number of carbonyl (C=O) groups is 2. The van der Waals surface area contributed by atoms with Gasteiger partial charge in [0, 0.05) is 37.6 Å². The maximum atomic E-state index is 12.7. The molecule has 0 aliphatic carbocycles. The lowest BCUT2D eigenvalue weighted by Gasteiger charge is -2.36. The van der Waals surface area contributed by atoms with Crippen molar-refractivity contribution in [1.29, 1.82) is 0 Å². The molecule has 6 nitrogen and oxygen atoms in total. The van der Waals surface area contributed by atoms with Crippen LogP contribution in [0.4, 0.5) is 0 Å². The van der Waals surface area contributed by atoms with Gasteiger partial charge in [0.1, 0.15) is 0 Å². The molecule has 1 aliphatic heterocycles. The van der Waals surface area contributed by atoms with Gasteiger partial charge < -0.3 is 15.5 Å². The zero-order chi connectivity index (χ0) is 18.5. The molecule has 1 saturated heterocycles. The van der Waals surface area contributed by atoms with E-state index in [4.69, 9.17) is 23.2 Å². The molecule has 27 heavy (non-hydrogen) atoms. The molecule has 1 fully saturated rings. The van der Waals surface area contributed by atoms with Crippen molar-refractivity contribution in [2.75, 3.05) is 26.2 Å². The number of pyridine rings is 1. The van der Waals surface area contributed by atoms with Crippen LogP contribution in [0.3, 0.4) is 0 Å². The molecule has 2 N–H and O–H groups in total. The minimum absolute atomic E-state index is 0. The maximum Gasteiger partial charge on any atom is 0.251 e. The van der Waals surface area contributed by atoms with Crippen molar-refractivity contribution >= 4 is 47.4 Å². The number of hydrogen-bond donors (Lipinski definition) is 2. The highest BCUT2D eigenvalue weighted by Gasteiger charge is 2.28. The Morgan fingerprint density at radius 3 is 2.78 bits per heavy atom. The first-order chi connectivity index (χ1) is 12.6. The van der Waals surface area contributed by atoms with E-state index in [0.29, 0.717) is 35.2 Å². The quantitative estimate of drug-likeness (QED) is 0.784. The predicted molar refractivity (Wildman–Crippen MR) is 108 cm³/mol. The third-order valence-electron chi connectivity index (χ3n) is 4.21. The van der Waals surface area contributed by atoms with Crippen LogP contribution in [0.25, 0.3) is 0 Å². The van der Waals surface area contributed by atoms with Crippen molar-refractivity contribution in [2.45, 2.75) is 6.04 Å². The molecule has 144 valence electrons. The van der Waals surface area contributed by atoms with Crippen LogP contribution in [0, 0.1) is 0 Å². The summed E-state index contributed by atoms with van der Waals surface area (Å²) in [6, 6.07) is 8.28. The number of piperazine rings is 1. The van der Waals surface area contributed by atoms with E-state index in [1.807, 2.05) is 12.1 Å². The number of carbonyl (C=O) groups excluding carboxylic acids is 2. The Morgan fingerprint density at radius 2 is 2.07 bits per heavy atom. The first-order valence-corrected chi connectivity index (χ1v) is 8.95. The lowest BCUT2D eigenvalue weighted by Crippen LogP contribution is -2.51. The van der Waals surface area contributed by atoms with Crippen molar-refractivity contribution < 1.29 is 9.59 Å². The van der Waals surface area contributed by atoms with Gasteiger partial charge in [0.05, 0.1) is 22.6 Å². The SMILES string of the molecule is Cl.O=C(NCC(=O)N1CCNCC1c1cccnc1)c1ccc(Cl)c(Cl)c1. The van der Waals surface area contributed by atoms with Gasteiger partial charge in [0.15, 0.2) is 0 Å². The standard InChI is InChI=1S/C18H18Cl2N4O2.ClH/c19-14-4-3-12(8-15(14)20)18(26)23-11-17(25)24-7-6-22-10-16(24)13-2-1-5-21-9-13;/h1-5,8-9,16,22H,6-7,10-11H2,(H,23,26);1H. The molecule has 2 heterocycles. The molecule has 0 bridgehead atoms. The summed E-state index contributed by atoms with van der Waals surface area (Å²) in [5, 5.41) is 6.60. The minimum atomic E-state index is -0.370. The van der Waals surface area contributed by atoms with Crippen molar-refractivity contribution in [1.82, 2.24) is 20.5 Å². The molecule has 0 saturated carbocycles. The zero-order valence-electron chi connectivity index (χ0n) is 14.3. The van der Waals surface area contributed by atoms with Gasteiger partial charge in [-0.05, 0) is 29.8 Å². The zero-order valence-corrected chi connectivity index (χ0v) is 16.7. The molecule has 1 aliphatic rings. The van der Waals surface area contributed by atoms with Crippen molar-refractivity contribution in [3.63, 3.8) is 0 Å². The van der Waals surface area contributed by atoms with Crippen LogP contribution in [-0.2, 0) is 4.79 Å². The number of nitrogens with one attached hydrogen (secondary N) is 2. The first kappa shape index (κ1) is 21.4. The van der Waals surface area contributed by atoms with Crippen LogP contribution < -0.4 is 10.6 Å². The molecule has 0 spiro atoms. The second-order valence-corrected chi connectivity index (χ2v) is 6.72. The van der Waals surface area contributed by atoms with Crippen molar-refractivity contribution in [3.8, 4) is 0 Å².